The first-order chi connectivity index (χ1) is 12.6. The van der Waals surface area contributed by atoms with Gasteiger partial charge >= 0.3 is 0 Å². The van der Waals surface area contributed by atoms with Crippen molar-refractivity contribution in [1.29, 1.82) is 0 Å². The number of aromatic nitrogens is 3. The van der Waals surface area contributed by atoms with E-state index in [0.29, 0.717) is 0 Å². The monoisotopic (exact) mass is 352 g/mol. The van der Waals surface area contributed by atoms with E-state index in [1.165, 1.54) is 0 Å². The van der Waals surface area contributed by atoms with Crippen LogP contribution in [0.15, 0.2) is 41.6 Å². The molecule has 1 aliphatic rings. The smallest absolute Gasteiger partial charge is 0.269 e. The summed E-state index contributed by atoms with van der Waals surface area (Å²) in [5, 5.41) is 12.1. The number of piperidine rings is 1. The first-order valence-electron chi connectivity index (χ1n) is 9.19. The second kappa shape index (κ2) is 6.96. The van der Waals surface area contributed by atoms with Crippen LogP contribution >= 0.6 is 0 Å². The average molecular weight is 352 g/mol. The van der Waals surface area contributed by atoms with Gasteiger partial charge in [0, 0.05) is 35.3 Å². The van der Waals surface area contributed by atoms with E-state index in [2.05, 4.69) is 27.6 Å². The van der Waals surface area contributed by atoms with Crippen molar-refractivity contribution >= 4 is 10.8 Å². The molecule has 0 bridgehead atoms. The lowest BCUT2D eigenvalue weighted by Crippen LogP contribution is -2.37. The van der Waals surface area contributed by atoms with E-state index in [-0.39, 0.29) is 17.6 Å². The van der Waals surface area contributed by atoms with Crippen molar-refractivity contribution in [3.8, 4) is 11.4 Å². The first-order valence-corrected chi connectivity index (χ1v) is 9.19. The lowest BCUT2D eigenvalue weighted by Gasteiger charge is -2.23. The Morgan fingerprint density at radius 1 is 1.27 bits per heavy atom. The number of hydrogen-bond donors (Lipinski definition) is 2. The van der Waals surface area contributed by atoms with Gasteiger partial charge < -0.3 is 14.6 Å². The topological polar surface area (TPSA) is 71.9 Å². The Kier molecular flexibility index (Phi) is 4.51. The number of fused-ring (bicyclic) bond motifs is 1. The Morgan fingerprint density at radius 3 is 2.88 bits per heavy atom. The highest BCUT2D eigenvalue weighted by Crippen LogP contribution is 2.27. The van der Waals surface area contributed by atoms with E-state index in [1.54, 1.807) is 6.20 Å². The Hall–Kier alpha value is -2.60. The minimum atomic E-state index is -0.135. The molecular formula is C20H24N4O2. The molecule has 0 saturated carbocycles. The summed E-state index contributed by atoms with van der Waals surface area (Å²) in [6, 6.07) is 6.14. The summed E-state index contributed by atoms with van der Waals surface area (Å²) in [6.45, 7) is 6.00. The third kappa shape index (κ3) is 3.24. The van der Waals surface area contributed by atoms with Crippen molar-refractivity contribution in [2.75, 3.05) is 13.1 Å². The fourth-order valence-electron chi connectivity index (χ4n) is 3.61. The maximum absolute atomic E-state index is 12.2. The van der Waals surface area contributed by atoms with Crippen LogP contribution in [0.3, 0.4) is 0 Å². The number of nitrogens with one attached hydrogen (secondary N) is 2. The Labute approximate surface area is 152 Å². The summed E-state index contributed by atoms with van der Waals surface area (Å²) in [5.41, 5.74) is 1.42. The molecule has 1 atom stereocenters. The maximum Gasteiger partial charge on any atom is 0.269 e. The fourth-order valence-corrected chi connectivity index (χ4v) is 3.61. The third-order valence-electron chi connectivity index (χ3n) is 4.90. The van der Waals surface area contributed by atoms with Gasteiger partial charge in [0.1, 0.15) is 11.9 Å². The molecule has 3 heterocycles. The highest BCUT2D eigenvalue weighted by Gasteiger charge is 2.16. The zero-order chi connectivity index (χ0) is 18.1. The maximum atomic E-state index is 12.2. The molecule has 1 aliphatic heterocycles. The van der Waals surface area contributed by atoms with E-state index < -0.39 is 0 Å². The minimum Gasteiger partial charge on any atom is -0.489 e. The summed E-state index contributed by atoms with van der Waals surface area (Å²) in [4.78, 5) is 12.2. The van der Waals surface area contributed by atoms with E-state index in [9.17, 15) is 4.79 Å². The predicted molar refractivity (Wildman–Crippen MR) is 102 cm³/mol. The van der Waals surface area contributed by atoms with Crippen molar-refractivity contribution < 1.29 is 4.74 Å². The Balaban J connectivity index is 1.68. The van der Waals surface area contributed by atoms with E-state index >= 15 is 0 Å². The molecule has 6 nitrogen and oxygen atoms in total. The van der Waals surface area contributed by atoms with Crippen LogP contribution < -0.4 is 15.6 Å². The first kappa shape index (κ1) is 16.8. The SMILES string of the molecule is CC(C)c1c(-n2cc3ccc(OC4CCCNC4)cc3c2)cn[nH]c1=O. The molecule has 1 fully saturated rings. The van der Waals surface area contributed by atoms with E-state index in [1.807, 2.05) is 36.9 Å². The van der Waals surface area contributed by atoms with Crippen molar-refractivity contribution in [3.63, 3.8) is 0 Å². The van der Waals surface area contributed by atoms with Crippen LogP contribution in [0.2, 0.25) is 0 Å². The molecule has 1 aromatic carbocycles. The molecule has 26 heavy (non-hydrogen) atoms. The highest BCUT2D eigenvalue weighted by atomic mass is 16.5. The Bertz CT molecular complexity index is 967. The number of rotatable bonds is 4. The molecule has 2 N–H and O–H groups in total. The molecule has 6 heteroatoms. The number of nitrogens with zero attached hydrogens (tertiary/aromatic N) is 2. The van der Waals surface area contributed by atoms with Gasteiger partial charge in [0.15, 0.2) is 0 Å². The highest BCUT2D eigenvalue weighted by molar-refractivity contribution is 5.84. The van der Waals surface area contributed by atoms with Crippen LogP contribution in [0.5, 0.6) is 5.75 Å². The number of hydrogen-bond acceptors (Lipinski definition) is 4. The number of ether oxygens (including phenoxy) is 1. The molecule has 3 aromatic rings. The van der Waals surface area contributed by atoms with Gasteiger partial charge in [-0.3, -0.25) is 4.79 Å². The van der Waals surface area contributed by atoms with E-state index in [4.69, 9.17) is 4.74 Å². The second-order valence-electron chi connectivity index (χ2n) is 7.20. The van der Waals surface area contributed by atoms with Crippen molar-refractivity contribution in [1.82, 2.24) is 20.1 Å². The molecule has 2 aromatic heterocycles. The normalized spacial score (nSPS) is 17.7. The summed E-state index contributed by atoms with van der Waals surface area (Å²) < 4.78 is 8.10. The second-order valence-corrected chi connectivity index (χ2v) is 7.20. The van der Waals surface area contributed by atoms with Crippen LogP contribution in [0.1, 0.15) is 38.2 Å². The van der Waals surface area contributed by atoms with E-state index in [0.717, 1.165) is 53.7 Å². The number of aromatic amines is 1. The van der Waals surface area contributed by atoms with Gasteiger partial charge in [-0.15, -0.1) is 0 Å². The molecule has 4 rings (SSSR count). The summed E-state index contributed by atoms with van der Waals surface area (Å²) in [7, 11) is 0. The van der Waals surface area contributed by atoms with Gasteiger partial charge in [0.2, 0.25) is 0 Å². The third-order valence-corrected chi connectivity index (χ3v) is 4.90. The quantitative estimate of drug-likeness (QED) is 0.757. The zero-order valence-electron chi connectivity index (χ0n) is 15.2. The van der Waals surface area contributed by atoms with Gasteiger partial charge in [-0.2, -0.15) is 5.10 Å². The summed E-state index contributed by atoms with van der Waals surface area (Å²) in [5.74, 6) is 0.997. The van der Waals surface area contributed by atoms with Crippen LogP contribution in [0.25, 0.3) is 16.5 Å². The van der Waals surface area contributed by atoms with Crippen LogP contribution in [0, 0.1) is 0 Å². The van der Waals surface area contributed by atoms with Gasteiger partial charge in [-0.25, -0.2) is 5.10 Å². The molecule has 0 radical (unpaired) electrons. The zero-order valence-corrected chi connectivity index (χ0v) is 15.2. The largest absolute Gasteiger partial charge is 0.489 e. The van der Waals surface area contributed by atoms with Crippen LogP contribution in [-0.2, 0) is 0 Å². The molecular weight excluding hydrogens is 328 g/mol. The van der Waals surface area contributed by atoms with Crippen molar-refractivity contribution in [2.24, 2.45) is 0 Å². The molecule has 0 aliphatic carbocycles. The summed E-state index contributed by atoms with van der Waals surface area (Å²) >= 11 is 0. The lowest BCUT2D eigenvalue weighted by atomic mass is 10.0. The van der Waals surface area contributed by atoms with Gasteiger partial charge in [-0.05, 0) is 43.5 Å². The van der Waals surface area contributed by atoms with Gasteiger partial charge in [-0.1, -0.05) is 13.8 Å². The predicted octanol–water partition coefficient (Wildman–Crippen LogP) is 2.97. The standard InChI is InChI=1S/C20H24N4O2/c1-13(2)19-18(10-22-23-20(19)25)24-11-14-5-6-16(8-15(14)12-24)26-17-4-3-7-21-9-17/h5-6,8,10-13,17,21H,3-4,7,9H2,1-2H3,(H,23,25). The number of H-pyrrole nitrogens is 1. The average Bonchev–Trinajstić information content (AvgIpc) is 3.05. The molecule has 0 spiro atoms. The lowest BCUT2D eigenvalue weighted by molar-refractivity contribution is 0.167. The van der Waals surface area contributed by atoms with Crippen molar-refractivity contribution in [2.45, 2.75) is 38.7 Å². The Morgan fingerprint density at radius 2 is 2.12 bits per heavy atom. The van der Waals surface area contributed by atoms with Gasteiger partial charge in [0.05, 0.1) is 11.9 Å². The fraction of sp³-hybridized carbons (Fsp3) is 0.400. The van der Waals surface area contributed by atoms with Crippen molar-refractivity contribution in [3.05, 3.63) is 52.7 Å². The van der Waals surface area contributed by atoms with Crippen LogP contribution in [0.4, 0.5) is 0 Å². The number of benzene rings is 1. The molecule has 1 saturated heterocycles. The molecule has 1 unspecified atom stereocenters. The van der Waals surface area contributed by atoms with Crippen LogP contribution in [-0.4, -0.2) is 34.0 Å². The van der Waals surface area contributed by atoms with Gasteiger partial charge in [0.25, 0.3) is 5.56 Å². The summed E-state index contributed by atoms with van der Waals surface area (Å²) in [6.07, 6.45) is 8.24. The molecule has 0 amide bonds. The minimum absolute atomic E-state index is 0.111. The molecule has 136 valence electrons.